The molecule has 3 nitrogen and oxygen atoms in total. The molecule has 0 saturated carbocycles. The van der Waals surface area contributed by atoms with Crippen molar-refractivity contribution in [2.75, 3.05) is 0 Å². The molecule has 0 spiro atoms. The molecular formula is C18H20O3. The number of unbranched alkanes of at least 4 members (excludes halogenated alkanes) is 1. The third-order valence-corrected chi connectivity index (χ3v) is 3.43. The molecule has 0 atom stereocenters. The third kappa shape index (κ3) is 4.42. The summed E-state index contributed by atoms with van der Waals surface area (Å²) in [6, 6.07) is 12.7. The van der Waals surface area contributed by atoms with Crippen LogP contribution in [0.25, 0.3) is 11.3 Å². The molecule has 0 aliphatic carbocycles. The lowest BCUT2D eigenvalue weighted by molar-refractivity contribution is -0.119. The minimum atomic E-state index is -0.366. The zero-order valence-corrected chi connectivity index (χ0v) is 12.3. The summed E-state index contributed by atoms with van der Waals surface area (Å²) in [4.78, 5) is 23.3. The van der Waals surface area contributed by atoms with Crippen molar-refractivity contribution in [2.24, 2.45) is 0 Å². The van der Waals surface area contributed by atoms with Crippen LogP contribution in [-0.2, 0) is 11.2 Å². The molecule has 0 amide bonds. The number of Topliss-reactive ketones (excluding diaryl/α,β-unsaturated/α-hetero) is 1. The number of benzene rings is 1. The summed E-state index contributed by atoms with van der Waals surface area (Å²) in [5, 5.41) is 0. The Hall–Kier alpha value is -2.16. The monoisotopic (exact) mass is 284 g/mol. The lowest BCUT2D eigenvalue weighted by atomic mass is 10.0. The molecule has 1 heterocycles. The second-order valence-corrected chi connectivity index (χ2v) is 5.12. The maximum atomic E-state index is 11.8. The third-order valence-electron chi connectivity index (χ3n) is 3.43. The van der Waals surface area contributed by atoms with Crippen LogP contribution in [0.4, 0.5) is 0 Å². The maximum absolute atomic E-state index is 11.8. The van der Waals surface area contributed by atoms with Gasteiger partial charge in [0.25, 0.3) is 0 Å². The first-order chi connectivity index (χ1) is 10.2. The molecule has 0 bridgehead atoms. The molecule has 2 aromatic rings. The van der Waals surface area contributed by atoms with Gasteiger partial charge in [-0.2, -0.15) is 0 Å². The van der Waals surface area contributed by atoms with E-state index in [4.69, 9.17) is 4.42 Å². The van der Waals surface area contributed by atoms with Gasteiger partial charge in [0.2, 0.25) is 0 Å². The van der Waals surface area contributed by atoms with Crippen LogP contribution >= 0.6 is 0 Å². The van der Waals surface area contributed by atoms with Crippen LogP contribution in [0.1, 0.15) is 38.2 Å². The first-order valence-electron chi connectivity index (χ1n) is 7.41. The van der Waals surface area contributed by atoms with Gasteiger partial charge >= 0.3 is 5.63 Å². The highest BCUT2D eigenvalue weighted by molar-refractivity contribution is 5.78. The SMILES string of the molecule is CCCCC(=O)CCc1ccc(=O)oc1-c1ccccc1. The summed E-state index contributed by atoms with van der Waals surface area (Å²) < 4.78 is 5.34. The standard InChI is InChI=1S/C18H20O3/c1-2-3-9-16(19)12-10-15-11-13-17(20)21-18(15)14-7-5-4-6-8-14/h4-8,11,13H,2-3,9-10,12H2,1H3. The molecule has 0 aliphatic rings. The molecule has 0 aliphatic heterocycles. The summed E-state index contributed by atoms with van der Waals surface area (Å²) >= 11 is 0. The van der Waals surface area contributed by atoms with Crippen molar-refractivity contribution in [1.82, 2.24) is 0 Å². The van der Waals surface area contributed by atoms with Crippen LogP contribution in [-0.4, -0.2) is 5.78 Å². The van der Waals surface area contributed by atoms with Gasteiger partial charge in [-0.1, -0.05) is 43.7 Å². The maximum Gasteiger partial charge on any atom is 0.336 e. The average molecular weight is 284 g/mol. The topological polar surface area (TPSA) is 47.3 Å². The first-order valence-corrected chi connectivity index (χ1v) is 7.41. The Morgan fingerprint density at radius 2 is 1.81 bits per heavy atom. The molecule has 1 aromatic carbocycles. The summed E-state index contributed by atoms with van der Waals surface area (Å²) in [5.74, 6) is 0.841. The highest BCUT2D eigenvalue weighted by Crippen LogP contribution is 2.23. The largest absolute Gasteiger partial charge is 0.422 e. The van der Waals surface area contributed by atoms with Gasteiger partial charge < -0.3 is 4.42 Å². The van der Waals surface area contributed by atoms with E-state index < -0.39 is 0 Å². The molecule has 0 fully saturated rings. The highest BCUT2D eigenvalue weighted by atomic mass is 16.4. The smallest absolute Gasteiger partial charge is 0.336 e. The van der Waals surface area contributed by atoms with Crippen LogP contribution in [0.3, 0.4) is 0 Å². The molecule has 0 radical (unpaired) electrons. The predicted molar refractivity (Wildman–Crippen MR) is 83.3 cm³/mol. The normalized spacial score (nSPS) is 10.5. The zero-order valence-electron chi connectivity index (χ0n) is 12.3. The van der Waals surface area contributed by atoms with E-state index in [-0.39, 0.29) is 11.4 Å². The van der Waals surface area contributed by atoms with Gasteiger partial charge in [0.1, 0.15) is 11.5 Å². The Balaban J connectivity index is 2.16. The van der Waals surface area contributed by atoms with E-state index in [1.165, 1.54) is 6.07 Å². The number of hydrogen-bond donors (Lipinski definition) is 0. The Kier molecular flexibility index (Phi) is 5.50. The van der Waals surface area contributed by atoms with E-state index >= 15 is 0 Å². The quantitative estimate of drug-likeness (QED) is 0.772. The molecule has 1 aromatic heterocycles. The summed E-state index contributed by atoms with van der Waals surface area (Å²) in [6.45, 7) is 2.08. The van der Waals surface area contributed by atoms with Gasteiger partial charge in [-0.3, -0.25) is 4.79 Å². The average Bonchev–Trinajstić information content (AvgIpc) is 2.52. The molecule has 0 unspecified atom stereocenters. The van der Waals surface area contributed by atoms with E-state index in [9.17, 15) is 9.59 Å². The Bertz CT molecular complexity index is 641. The van der Waals surface area contributed by atoms with Crippen molar-refractivity contribution in [3.8, 4) is 11.3 Å². The van der Waals surface area contributed by atoms with Gasteiger partial charge in [0, 0.05) is 24.5 Å². The predicted octanol–water partition coefficient (Wildman–Crippen LogP) is 4.00. The molecule has 21 heavy (non-hydrogen) atoms. The molecular weight excluding hydrogens is 264 g/mol. The Morgan fingerprint density at radius 1 is 1.05 bits per heavy atom. The fraction of sp³-hybridized carbons (Fsp3) is 0.333. The van der Waals surface area contributed by atoms with Crippen molar-refractivity contribution < 1.29 is 9.21 Å². The lowest BCUT2D eigenvalue weighted by Gasteiger charge is -2.07. The van der Waals surface area contributed by atoms with E-state index in [0.717, 1.165) is 24.0 Å². The van der Waals surface area contributed by atoms with Crippen molar-refractivity contribution in [3.05, 3.63) is 58.4 Å². The van der Waals surface area contributed by atoms with Gasteiger partial charge in [0.15, 0.2) is 0 Å². The number of hydrogen-bond acceptors (Lipinski definition) is 3. The fourth-order valence-corrected chi connectivity index (χ4v) is 2.25. The van der Waals surface area contributed by atoms with Crippen molar-refractivity contribution in [1.29, 1.82) is 0 Å². The number of ketones is 1. The van der Waals surface area contributed by atoms with Gasteiger partial charge in [-0.15, -0.1) is 0 Å². The zero-order chi connectivity index (χ0) is 15.1. The minimum absolute atomic E-state index is 0.266. The molecule has 110 valence electrons. The number of aryl methyl sites for hydroxylation is 1. The Morgan fingerprint density at radius 3 is 2.52 bits per heavy atom. The van der Waals surface area contributed by atoms with Crippen molar-refractivity contribution in [3.63, 3.8) is 0 Å². The highest BCUT2D eigenvalue weighted by Gasteiger charge is 2.10. The number of rotatable bonds is 7. The summed E-state index contributed by atoms with van der Waals surface area (Å²) in [6.07, 6.45) is 3.70. The summed E-state index contributed by atoms with van der Waals surface area (Å²) in [7, 11) is 0. The first kappa shape index (κ1) is 15.2. The molecule has 3 heteroatoms. The Labute approximate surface area is 124 Å². The van der Waals surface area contributed by atoms with Crippen LogP contribution < -0.4 is 5.63 Å². The summed E-state index contributed by atoms with van der Waals surface area (Å²) in [5.41, 5.74) is 1.41. The minimum Gasteiger partial charge on any atom is -0.422 e. The van der Waals surface area contributed by atoms with E-state index in [1.54, 1.807) is 6.07 Å². The number of carbonyl (C=O) groups excluding carboxylic acids is 1. The van der Waals surface area contributed by atoms with Crippen molar-refractivity contribution >= 4 is 5.78 Å². The van der Waals surface area contributed by atoms with Crippen molar-refractivity contribution in [2.45, 2.75) is 39.0 Å². The van der Waals surface area contributed by atoms with Gasteiger partial charge in [-0.25, -0.2) is 4.79 Å². The van der Waals surface area contributed by atoms with Crippen LogP contribution in [0.15, 0.2) is 51.7 Å². The molecule has 2 rings (SSSR count). The number of carbonyl (C=O) groups is 1. The van der Waals surface area contributed by atoms with Crippen LogP contribution in [0.5, 0.6) is 0 Å². The second kappa shape index (κ2) is 7.58. The molecule has 0 N–H and O–H groups in total. The fourth-order valence-electron chi connectivity index (χ4n) is 2.25. The van der Waals surface area contributed by atoms with Gasteiger partial charge in [0.05, 0.1) is 0 Å². The molecule has 0 saturated heterocycles. The lowest BCUT2D eigenvalue weighted by Crippen LogP contribution is -2.04. The van der Waals surface area contributed by atoms with E-state index in [2.05, 4.69) is 6.92 Å². The van der Waals surface area contributed by atoms with E-state index in [1.807, 2.05) is 30.3 Å². The van der Waals surface area contributed by atoms with E-state index in [0.29, 0.717) is 25.0 Å². The van der Waals surface area contributed by atoms with Crippen LogP contribution in [0, 0.1) is 0 Å². The van der Waals surface area contributed by atoms with Gasteiger partial charge in [-0.05, 0) is 24.5 Å². The van der Waals surface area contributed by atoms with Crippen LogP contribution in [0.2, 0.25) is 0 Å². The second-order valence-electron chi connectivity index (χ2n) is 5.12.